The van der Waals surface area contributed by atoms with Gasteiger partial charge in [-0.15, -0.1) is 0 Å². The minimum absolute atomic E-state index is 0.323. The molecule has 0 aromatic carbocycles. The first-order valence-electron chi connectivity index (χ1n) is 7.31. The zero-order valence-corrected chi connectivity index (χ0v) is 15.5. The molecule has 0 unspecified atom stereocenters. The van der Waals surface area contributed by atoms with Crippen molar-refractivity contribution >= 4 is 26.0 Å². The maximum absolute atomic E-state index is 12.8. The van der Waals surface area contributed by atoms with Gasteiger partial charge in [0.25, 0.3) is 0 Å². The SMILES string of the molecule is Cc1nn(C)c(C)c1S(=O)(=O)NC1(CBr)CCC(C)CC1. The van der Waals surface area contributed by atoms with Crippen molar-refractivity contribution in [3.8, 4) is 0 Å². The van der Waals surface area contributed by atoms with Crippen molar-refractivity contribution in [2.45, 2.75) is 56.9 Å². The number of sulfonamides is 1. The molecule has 1 aliphatic carbocycles. The van der Waals surface area contributed by atoms with E-state index in [-0.39, 0.29) is 5.54 Å². The molecule has 7 heteroatoms. The van der Waals surface area contributed by atoms with Crippen molar-refractivity contribution < 1.29 is 8.42 Å². The van der Waals surface area contributed by atoms with Gasteiger partial charge in [0.2, 0.25) is 10.0 Å². The van der Waals surface area contributed by atoms with Crippen LogP contribution >= 0.6 is 15.9 Å². The van der Waals surface area contributed by atoms with Crippen molar-refractivity contribution in [2.75, 3.05) is 5.33 Å². The minimum atomic E-state index is -3.55. The predicted molar refractivity (Wildman–Crippen MR) is 87.2 cm³/mol. The summed E-state index contributed by atoms with van der Waals surface area (Å²) < 4.78 is 30.2. The van der Waals surface area contributed by atoms with Crippen LogP contribution in [0.3, 0.4) is 0 Å². The molecule has 0 amide bonds. The van der Waals surface area contributed by atoms with Gasteiger partial charge in [-0.05, 0) is 45.4 Å². The van der Waals surface area contributed by atoms with E-state index in [1.165, 1.54) is 0 Å². The summed E-state index contributed by atoms with van der Waals surface area (Å²) in [5.41, 5.74) is 0.852. The Morgan fingerprint density at radius 3 is 2.38 bits per heavy atom. The van der Waals surface area contributed by atoms with E-state index in [0.29, 0.717) is 27.5 Å². The second-order valence-electron chi connectivity index (χ2n) is 6.33. The highest BCUT2D eigenvalue weighted by atomic mass is 79.9. The van der Waals surface area contributed by atoms with Crippen LogP contribution in [0, 0.1) is 19.8 Å². The first-order valence-corrected chi connectivity index (χ1v) is 9.91. The van der Waals surface area contributed by atoms with Crippen LogP contribution in [0.1, 0.15) is 44.0 Å². The number of nitrogens with zero attached hydrogens (tertiary/aromatic N) is 2. The fraction of sp³-hybridized carbons (Fsp3) is 0.786. The van der Waals surface area contributed by atoms with Crippen molar-refractivity contribution in [1.82, 2.24) is 14.5 Å². The topological polar surface area (TPSA) is 64.0 Å². The van der Waals surface area contributed by atoms with Gasteiger partial charge in [0, 0.05) is 17.9 Å². The van der Waals surface area contributed by atoms with Crippen LogP contribution in [-0.4, -0.2) is 29.1 Å². The fourth-order valence-corrected chi connectivity index (χ4v) is 5.84. The molecule has 0 atom stereocenters. The number of nitrogens with one attached hydrogen (secondary N) is 1. The van der Waals surface area contributed by atoms with E-state index in [4.69, 9.17) is 0 Å². The number of alkyl halides is 1. The highest BCUT2D eigenvalue weighted by Crippen LogP contribution is 2.35. The van der Waals surface area contributed by atoms with Gasteiger partial charge in [-0.25, -0.2) is 13.1 Å². The lowest BCUT2D eigenvalue weighted by atomic mass is 9.79. The first-order chi connectivity index (χ1) is 9.71. The molecule has 5 nitrogen and oxygen atoms in total. The summed E-state index contributed by atoms with van der Waals surface area (Å²) in [7, 11) is -1.78. The number of aromatic nitrogens is 2. The van der Waals surface area contributed by atoms with E-state index in [0.717, 1.165) is 25.7 Å². The predicted octanol–water partition coefficient (Wildman–Crippen LogP) is 2.66. The summed E-state index contributed by atoms with van der Waals surface area (Å²) in [6, 6.07) is 0. The van der Waals surface area contributed by atoms with Gasteiger partial charge in [0.15, 0.2) is 0 Å². The van der Waals surface area contributed by atoms with E-state index in [1.54, 1.807) is 25.6 Å². The van der Waals surface area contributed by atoms with Crippen LogP contribution in [-0.2, 0) is 17.1 Å². The van der Waals surface area contributed by atoms with Crippen LogP contribution < -0.4 is 4.72 Å². The van der Waals surface area contributed by atoms with Gasteiger partial charge in [-0.1, -0.05) is 22.9 Å². The lowest BCUT2D eigenvalue weighted by Crippen LogP contribution is -2.52. The minimum Gasteiger partial charge on any atom is -0.271 e. The highest BCUT2D eigenvalue weighted by Gasteiger charge is 2.38. The zero-order chi connectivity index (χ0) is 15.8. The molecule has 0 saturated heterocycles. The van der Waals surface area contributed by atoms with Gasteiger partial charge in [-0.3, -0.25) is 4.68 Å². The molecule has 2 rings (SSSR count). The molecule has 0 radical (unpaired) electrons. The molecule has 1 aliphatic rings. The molecule has 1 aromatic heterocycles. The molecule has 21 heavy (non-hydrogen) atoms. The quantitative estimate of drug-likeness (QED) is 0.820. The second-order valence-corrected chi connectivity index (χ2v) is 8.51. The van der Waals surface area contributed by atoms with Crippen LogP contribution in [0.25, 0.3) is 0 Å². The molecule has 0 aliphatic heterocycles. The molecule has 1 N–H and O–H groups in total. The Labute approximate surface area is 135 Å². The monoisotopic (exact) mass is 377 g/mol. The summed E-state index contributed by atoms with van der Waals surface area (Å²) in [6.07, 6.45) is 3.85. The number of hydrogen-bond acceptors (Lipinski definition) is 3. The van der Waals surface area contributed by atoms with E-state index in [1.807, 2.05) is 0 Å². The molecular formula is C14H24BrN3O2S. The van der Waals surface area contributed by atoms with Gasteiger partial charge >= 0.3 is 0 Å². The summed E-state index contributed by atoms with van der Waals surface area (Å²) in [6.45, 7) is 5.76. The molecule has 1 fully saturated rings. The van der Waals surface area contributed by atoms with Crippen molar-refractivity contribution in [3.63, 3.8) is 0 Å². The standard InChI is InChI=1S/C14H24BrN3O2S/c1-10-5-7-14(9-15,8-6-10)17-21(19,20)13-11(2)16-18(4)12(13)3/h10,17H,5-9H2,1-4H3. The Balaban J connectivity index is 2.32. The van der Waals surface area contributed by atoms with Gasteiger partial charge in [-0.2, -0.15) is 5.10 Å². The lowest BCUT2D eigenvalue weighted by molar-refractivity contribution is 0.250. The van der Waals surface area contributed by atoms with E-state index < -0.39 is 10.0 Å². The van der Waals surface area contributed by atoms with Crippen molar-refractivity contribution in [3.05, 3.63) is 11.4 Å². The lowest BCUT2D eigenvalue weighted by Gasteiger charge is -2.38. The van der Waals surface area contributed by atoms with Crippen LogP contribution in [0.4, 0.5) is 0 Å². The molecule has 1 saturated carbocycles. The Kier molecular flexibility index (Phi) is 4.85. The molecule has 0 spiro atoms. The zero-order valence-electron chi connectivity index (χ0n) is 13.1. The summed E-state index contributed by atoms with van der Waals surface area (Å²) in [5.74, 6) is 0.670. The molecular weight excluding hydrogens is 354 g/mol. The van der Waals surface area contributed by atoms with Crippen LogP contribution in [0.15, 0.2) is 4.90 Å². The van der Waals surface area contributed by atoms with Gasteiger partial charge in [0.1, 0.15) is 4.90 Å². The van der Waals surface area contributed by atoms with Crippen molar-refractivity contribution in [2.24, 2.45) is 13.0 Å². The second kappa shape index (κ2) is 6.01. The molecule has 1 aromatic rings. The fourth-order valence-electron chi connectivity index (χ4n) is 3.06. The Morgan fingerprint density at radius 1 is 1.38 bits per heavy atom. The van der Waals surface area contributed by atoms with E-state index >= 15 is 0 Å². The summed E-state index contributed by atoms with van der Waals surface area (Å²) >= 11 is 3.51. The molecule has 120 valence electrons. The Morgan fingerprint density at radius 2 is 1.95 bits per heavy atom. The third kappa shape index (κ3) is 3.35. The smallest absolute Gasteiger partial charge is 0.244 e. The third-order valence-electron chi connectivity index (χ3n) is 4.55. The van der Waals surface area contributed by atoms with Crippen LogP contribution in [0.2, 0.25) is 0 Å². The number of aryl methyl sites for hydroxylation is 2. The normalized spacial score (nSPS) is 27.0. The maximum atomic E-state index is 12.8. The van der Waals surface area contributed by atoms with Crippen molar-refractivity contribution in [1.29, 1.82) is 0 Å². The Hall–Kier alpha value is -0.400. The van der Waals surface area contributed by atoms with E-state index in [2.05, 4.69) is 32.7 Å². The highest BCUT2D eigenvalue weighted by molar-refractivity contribution is 9.09. The summed E-state index contributed by atoms with van der Waals surface area (Å²) in [5, 5.41) is 4.86. The van der Waals surface area contributed by atoms with Gasteiger partial charge < -0.3 is 0 Å². The number of rotatable bonds is 4. The molecule has 0 bridgehead atoms. The third-order valence-corrected chi connectivity index (χ3v) is 7.45. The van der Waals surface area contributed by atoms with E-state index in [9.17, 15) is 8.42 Å². The largest absolute Gasteiger partial charge is 0.271 e. The van der Waals surface area contributed by atoms with Crippen LogP contribution in [0.5, 0.6) is 0 Å². The average Bonchev–Trinajstić information content (AvgIpc) is 2.66. The summed E-state index contributed by atoms with van der Waals surface area (Å²) in [4.78, 5) is 0.323. The number of hydrogen-bond donors (Lipinski definition) is 1. The average molecular weight is 378 g/mol. The van der Waals surface area contributed by atoms with Gasteiger partial charge in [0.05, 0.1) is 11.4 Å². The molecule has 1 heterocycles. The first kappa shape index (κ1) is 17.0. The Bertz CT molecular complexity index is 616. The number of halogens is 1. The maximum Gasteiger partial charge on any atom is 0.244 e.